The molecule has 1 amide bonds. The second kappa shape index (κ2) is 9.24. The molecule has 1 spiro atoms. The van der Waals surface area contributed by atoms with Crippen LogP contribution in [0.15, 0.2) is 24.4 Å². The molecule has 3 aliphatic heterocycles. The number of fused-ring (bicyclic) bond motifs is 1. The molecule has 1 aliphatic carbocycles. The van der Waals surface area contributed by atoms with Gasteiger partial charge in [0, 0.05) is 62.6 Å². The summed E-state index contributed by atoms with van der Waals surface area (Å²) in [5.74, 6) is 0.806. The van der Waals surface area contributed by atoms with Gasteiger partial charge in [-0.3, -0.25) is 9.69 Å². The predicted octanol–water partition coefficient (Wildman–Crippen LogP) is 2.82. The van der Waals surface area contributed by atoms with Gasteiger partial charge in [0.25, 0.3) is 0 Å². The SMILES string of the molecule is CCc1cc2cnc(NC(=O)C3CC34CCOCC4)cc2cc1N1CCN(C2(C)COCC2O)CC1. The number of hydrogen-bond acceptors (Lipinski definition) is 7. The molecular weight excluding hydrogens is 456 g/mol. The van der Waals surface area contributed by atoms with Crippen LogP contribution in [0.5, 0.6) is 0 Å². The quantitative estimate of drug-likeness (QED) is 0.661. The third kappa shape index (κ3) is 4.18. The average molecular weight is 495 g/mol. The second-order valence-electron chi connectivity index (χ2n) is 11.3. The minimum absolute atomic E-state index is 0.0823. The molecule has 1 aromatic heterocycles. The van der Waals surface area contributed by atoms with Crippen LogP contribution >= 0.6 is 0 Å². The molecule has 8 heteroatoms. The highest BCUT2D eigenvalue weighted by Crippen LogP contribution is 2.59. The van der Waals surface area contributed by atoms with Crippen LogP contribution in [0.3, 0.4) is 0 Å². The van der Waals surface area contributed by atoms with E-state index in [-0.39, 0.29) is 22.8 Å². The molecule has 4 heterocycles. The van der Waals surface area contributed by atoms with Crippen LogP contribution in [0, 0.1) is 11.3 Å². The highest BCUT2D eigenvalue weighted by molar-refractivity contribution is 5.97. The van der Waals surface area contributed by atoms with Gasteiger partial charge in [0.1, 0.15) is 5.82 Å². The van der Waals surface area contributed by atoms with Crippen LogP contribution in [0.4, 0.5) is 11.5 Å². The van der Waals surface area contributed by atoms with E-state index >= 15 is 0 Å². The van der Waals surface area contributed by atoms with Gasteiger partial charge in [-0.2, -0.15) is 0 Å². The van der Waals surface area contributed by atoms with E-state index in [0.29, 0.717) is 19.0 Å². The fraction of sp³-hybridized carbons (Fsp3) is 0.643. The van der Waals surface area contributed by atoms with Gasteiger partial charge in [-0.15, -0.1) is 0 Å². The summed E-state index contributed by atoms with van der Waals surface area (Å²) in [5, 5.41) is 15.7. The molecule has 194 valence electrons. The number of carbonyl (C=O) groups is 1. The zero-order chi connectivity index (χ0) is 24.9. The summed E-state index contributed by atoms with van der Waals surface area (Å²) in [4.78, 5) is 22.4. The van der Waals surface area contributed by atoms with Crippen molar-refractivity contribution in [1.29, 1.82) is 0 Å². The number of carbonyl (C=O) groups excluding carboxylic acids is 1. The van der Waals surface area contributed by atoms with Crippen molar-refractivity contribution in [3.8, 4) is 0 Å². The number of pyridine rings is 1. The van der Waals surface area contributed by atoms with E-state index in [4.69, 9.17) is 9.47 Å². The minimum atomic E-state index is -0.436. The Morgan fingerprint density at radius 3 is 2.61 bits per heavy atom. The molecule has 0 radical (unpaired) electrons. The summed E-state index contributed by atoms with van der Waals surface area (Å²) in [6.45, 7) is 10.4. The zero-order valence-corrected chi connectivity index (χ0v) is 21.5. The molecule has 36 heavy (non-hydrogen) atoms. The summed E-state index contributed by atoms with van der Waals surface area (Å²) in [6, 6.07) is 6.51. The van der Waals surface area contributed by atoms with Gasteiger partial charge in [0.15, 0.2) is 0 Å². The minimum Gasteiger partial charge on any atom is -0.389 e. The summed E-state index contributed by atoms with van der Waals surface area (Å²) < 4.78 is 11.1. The number of nitrogens with one attached hydrogen (secondary N) is 1. The van der Waals surface area contributed by atoms with Crippen LogP contribution in [0.2, 0.25) is 0 Å². The van der Waals surface area contributed by atoms with E-state index in [9.17, 15) is 9.90 Å². The van der Waals surface area contributed by atoms with Crippen molar-refractivity contribution in [2.75, 3.05) is 62.8 Å². The first-order valence-electron chi connectivity index (χ1n) is 13.5. The number of aliphatic hydroxyl groups excluding tert-OH is 1. The van der Waals surface area contributed by atoms with Gasteiger partial charge in [-0.25, -0.2) is 4.98 Å². The molecule has 8 nitrogen and oxygen atoms in total. The smallest absolute Gasteiger partial charge is 0.229 e. The Balaban J connectivity index is 1.18. The normalized spacial score (nSPS) is 30.1. The maximum absolute atomic E-state index is 13.0. The van der Waals surface area contributed by atoms with Crippen molar-refractivity contribution >= 4 is 28.2 Å². The first-order chi connectivity index (χ1) is 17.4. The zero-order valence-electron chi connectivity index (χ0n) is 21.5. The number of rotatable bonds is 5. The Labute approximate surface area is 212 Å². The number of anilines is 2. The number of amides is 1. The van der Waals surface area contributed by atoms with Crippen LogP contribution < -0.4 is 10.2 Å². The van der Waals surface area contributed by atoms with Crippen LogP contribution in [-0.4, -0.2) is 85.1 Å². The monoisotopic (exact) mass is 494 g/mol. The van der Waals surface area contributed by atoms with E-state index in [2.05, 4.69) is 46.1 Å². The number of ether oxygens (including phenoxy) is 2. The molecule has 4 aliphatic rings. The number of hydrogen-bond donors (Lipinski definition) is 2. The molecule has 0 bridgehead atoms. The molecule has 3 unspecified atom stereocenters. The highest BCUT2D eigenvalue weighted by atomic mass is 16.5. The lowest BCUT2D eigenvalue weighted by molar-refractivity contribution is -0.118. The second-order valence-corrected chi connectivity index (χ2v) is 11.3. The third-order valence-corrected chi connectivity index (χ3v) is 9.28. The fourth-order valence-corrected chi connectivity index (χ4v) is 6.55. The van der Waals surface area contributed by atoms with Crippen LogP contribution in [0.1, 0.15) is 38.7 Å². The van der Waals surface area contributed by atoms with Gasteiger partial charge in [0.2, 0.25) is 5.91 Å². The van der Waals surface area contributed by atoms with Crippen molar-refractivity contribution in [1.82, 2.24) is 9.88 Å². The average Bonchev–Trinajstić information content (AvgIpc) is 3.48. The number of aromatic nitrogens is 1. The summed E-state index contributed by atoms with van der Waals surface area (Å²) in [5.41, 5.74) is 2.42. The number of aliphatic hydroxyl groups is 1. The molecule has 3 atom stereocenters. The number of aryl methyl sites for hydroxylation is 1. The Hall–Kier alpha value is -2.26. The lowest BCUT2D eigenvalue weighted by Gasteiger charge is -2.45. The van der Waals surface area contributed by atoms with Gasteiger partial charge < -0.3 is 24.8 Å². The van der Waals surface area contributed by atoms with E-state index in [1.807, 2.05) is 12.3 Å². The predicted molar refractivity (Wildman–Crippen MR) is 139 cm³/mol. The Morgan fingerprint density at radius 1 is 1.14 bits per heavy atom. The Bertz CT molecular complexity index is 1140. The van der Waals surface area contributed by atoms with Crippen molar-refractivity contribution in [3.63, 3.8) is 0 Å². The molecule has 4 fully saturated rings. The van der Waals surface area contributed by atoms with E-state index in [1.165, 1.54) is 11.3 Å². The van der Waals surface area contributed by atoms with Gasteiger partial charge >= 0.3 is 0 Å². The van der Waals surface area contributed by atoms with E-state index in [1.54, 1.807) is 0 Å². The molecular formula is C28H38N4O4. The van der Waals surface area contributed by atoms with Crippen molar-refractivity contribution < 1.29 is 19.4 Å². The first kappa shape index (κ1) is 24.1. The fourth-order valence-electron chi connectivity index (χ4n) is 6.55. The topological polar surface area (TPSA) is 87.2 Å². The molecule has 1 aromatic carbocycles. The van der Waals surface area contributed by atoms with Crippen LogP contribution in [-0.2, 0) is 20.7 Å². The van der Waals surface area contributed by atoms with Crippen molar-refractivity contribution in [2.24, 2.45) is 11.3 Å². The summed E-state index contributed by atoms with van der Waals surface area (Å²) in [6.07, 6.45) is 5.32. The van der Waals surface area contributed by atoms with E-state index < -0.39 is 6.10 Å². The number of nitrogens with zero attached hydrogens (tertiary/aromatic N) is 3. The third-order valence-electron chi connectivity index (χ3n) is 9.28. The standard InChI is InChI=1S/C28H38N4O4/c1-3-19-12-21-16-29-25(30-26(34)22-15-28(22)4-10-35-11-5-28)14-20(21)13-23(19)31-6-8-32(9-7-31)27(2)18-36-17-24(27)33/h12-14,16,22,24,33H,3-11,15,17-18H2,1-2H3,(H,29,30,34). The molecule has 2 aromatic rings. The highest BCUT2D eigenvalue weighted by Gasteiger charge is 2.58. The number of benzene rings is 1. The van der Waals surface area contributed by atoms with Gasteiger partial charge in [0.05, 0.1) is 24.9 Å². The largest absolute Gasteiger partial charge is 0.389 e. The van der Waals surface area contributed by atoms with Crippen molar-refractivity contribution in [3.05, 3.63) is 30.0 Å². The lowest BCUT2D eigenvalue weighted by atomic mass is 9.93. The Kier molecular flexibility index (Phi) is 6.19. The maximum Gasteiger partial charge on any atom is 0.229 e. The number of piperazine rings is 1. The first-order valence-corrected chi connectivity index (χ1v) is 13.5. The lowest BCUT2D eigenvalue weighted by Crippen LogP contribution is -2.60. The van der Waals surface area contributed by atoms with Gasteiger partial charge in [-0.1, -0.05) is 6.92 Å². The van der Waals surface area contributed by atoms with Crippen LogP contribution in [0.25, 0.3) is 10.8 Å². The molecule has 3 saturated heterocycles. The van der Waals surface area contributed by atoms with E-state index in [0.717, 1.165) is 75.8 Å². The molecule has 1 saturated carbocycles. The summed E-state index contributed by atoms with van der Waals surface area (Å²) in [7, 11) is 0. The molecule has 6 rings (SSSR count). The summed E-state index contributed by atoms with van der Waals surface area (Å²) >= 11 is 0. The molecule has 2 N–H and O–H groups in total. The Morgan fingerprint density at radius 2 is 1.92 bits per heavy atom. The van der Waals surface area contributed by atoms with Gasteiger partial charge in [-0.05, 0) is 67.2 Å². The maximum atomic E-state index is 13.0. The van der Waals surface area contributed by atoms with Crippen molar-refractivity contribution in [2.45, 2.75) is 51.2 Å².